The summed E-state index contributed by atoms with van der Waals surface area (Å²) in [6.07, 6.45) is 1.56. The minimum absolute atomic E-state index is 0.394. The Morgan fingerprint density at radius 3 is 2.81 bits per heavy atom. The molecule has 0 aromatic heterocycles. The van der Waals surface area contributed by atoms with E-state index in [1.165, 1.54) is 13.0 Å². The second-order valence-electron chi connectivity index (χ2n) is 5.32. The van der Waals surface area contributed by atoms with Crippen LogP contribution < -0.4 is 5.32 Å². The summed E-state index contributed by atoms with van der Waals surface area (Å²) in [5, 5.41) is 3.58. The summed E-state index contributed by atoms with van der Waals surface area (Å²) in [5.41, 5.74) is 0. The number of nitrogens with one attached hydrogen (secondary N) is 1. The van der Waals surface area contributed by atoms with Crippen LogP contribution in [0.3, 0.4) is 0 Å². The third kappa shape index (κ3) is 5.28. The third-order valence-corrected chi connectivity index (χ3v) is 3.43. The molecule has 0 aromatic carbocycles. The Hall–Kier alpha value is -0.120. The molecule has 0 radical (unpaired) electrons. The molecule has 3 nitrogen and oxygen atoms in total. The highest BCUT2D eigenvalue weighted by atomic mass is 16.5. The highest BCUT2D eigenvalue weighted by Gasteiger charge is 2.14. The number of hydrogen-bond acceptors (Lipinski definition) is 3. The van der Waals surface area contributed by atoms with Gasteiger partial charge in [-0.3, -0.25) is 4.90 Å². The normalized spacial score (nSPS) is 25.7. The number of nitrogens with zero attached hydrogens (tertiary/aromatic N) is 1. The molecule has 1 heterocycles. The molecule has 3 heteroatoms. The van der Waals surface area contributed by atoms with Gasteiger partial charge in [0.15, 0.2) is 0 Å². The number of rotatable bonds is 5. The lowest BCUT2D eigenvalue weighted by Gasteiger charge is -2.24. The first-order valence-corrected chi connectivity index (χ1v) is 6.67. The smallest absolute Gasteiger partial charge is 0.0673 e. The van der Waals surface area contributed by atoms with Crippen molar-refractivity contribution in [2.45, 2.75) is 46.3 Å². The van der Waals surface area contributed by atoms with Gasteiger partial charge in [-0.05, 0) is 26.2 Å². The predicted octanol–water partition coefficient (Wildman–Crippen LogP) is 1.73. The van der Waals surface area contributed by atoms with Crippen LogP contribution in [0, 0.1) is 5.92 Å². The fourth-order valence-electron chi connectivity index (χ4n) is 1.97. The van der Waals surface area contributed by atoms with Gasteiger partial charge in [-0.2, -0.15) is 0 Å². The Bertz CT molecular complexity index is 185. The van der Waals surface area contributed by atoms with Gasteiger partial charge in [-0.1, -0.05) is 13.8 Å². The first kappa shape index (κ1) is 13.9. The van der Waals surface area contributed by atoms with Crippen molar-refractivity contribution in [2.24, 2.45) is 5.92 Å². The molecule has 0 saturated carbocycles. The van der Waals surface area contributed by atoms with Gasteiger partial charge < -0.3 is 10.1 Å². The summed E-state index contributed by atoms with van der Waals surface area (Å²) in [6, 6.07) is 0.612. The van der Waals surface area contributed by atoms with E-state index in [1.54, 1.807) is 0 Å². The maximum atomic E-state index is 5.64. The zero-order valence-corrected chi connectivity index (χ0v) is 11.3. The topological polar surface area (TPSA) is 24.5 Å². The number of hydrogen-bond donors (Lipinski definition) is 1. The third-order valence-electron chi connectivity index (χ3n) is 3.43. The van der Waals surface area contributed by atoms with Crippen molar-refractivity contribution in [1.82, 2.24) is 10.2 Å². The molecule has 1 N–H and O–H groups in total. The van der Waals surface area contributed by atoms with E-state index in [0.29, 0.717) is 18.1 Å². The minimum atomic E-state index is 0.394. The van der Waals surface area contributed by atoms with Crippen LogP contribution in [0.2, 0.25) is 0 Å². The molecular formula is C13H28N2O. The van der Waals surface area contributed by atoms with Gasteiger partial charge in [0.1, 0.15) is 0 Å². The Balaban J connectivity index is 2.16. The van der Waals surface area contributed by atoms with E-state index in [9.17, 15) is 0 Å². The van der Waals surface area contributed by atoms with Crippen LogP contribution in [0.4, 0.5) is 0 Å². The van der Waals surface area contributed by atoms with E-state index < -0.39 is 0 Å². The first-order chi connectivity index (χ1) is 7.59. The molecule has 1 fully saturated rings. The SMILES string of the molecule is CC1CN(CCNC(C)C(C)C)CCCO1. The molecule has 0 aliphatic carbocycles. The molecule has 16 heavy (non-hydrogen) atoms. The zero-order chi connectivity index (χ0) is 12.0. The lowest BCUT2D eigenvalue weighted by molar-refractivity contribution is 0.0678. The van der Waals surface area contributed by atoms with Crippen LogP contribution in [-0.2, 0) is 4.74 Å². The van der Waals surface area contributed by atoms with E-state index in [1.807, 2.05) is 0 Å². The standard InChI is InChI=1S/C13H28N2O/c1-11(2)13(4)14-6-8-15-7-5-9-16-12(3)10-15/h11-14H,5-10H2,1-4H3. The molecular weight excluding hydrogens is 200 g/mol. The fourth-order valence-corrected chi connectivity index (χ4v) is 1.97. The van der Waals surface area contributed by atoms with E-state index in [0.717, 1.165) is 26.2 Å². The van der Waals surface area contributed by atoms with Crippen molar-refractivity contribution < 1.29 is 4.74 Å². The van der Waals surface area contributed by atoms with Crippen LogP contribution in [0.25, 0.3) is 0 Å². The van der Waals surface area contributed by atoms with Crippen LogP contribution in [0.5, 0.6) is 0 Å². The van der Waals surface area contributed by atoms with Crippen molar-refractivity contribution in [1.29, 1.82) is 0 Å². The maximum absolute atomic E-state index is 5.64. The summed E-state index contributed by atoms with van der Waals surface area (Å²) in [5.74, 6) is 0.714. The minimum Gasteiger partial charge on any atom is -0.377 e. The van der Waals surface area contributed by atoms with Crippen molar-refractivity contribution in [3.63, 3.8) is 0 Å². The van der Waals surface area contributed by atoms with Gasteiger partial charge in [0, 0.05) is 38.8 Å². The highest BCUT2D eigenvalue weighted by Crippen LogP contribution is 2.05. The largest absolute Gasteiger partial charge is 0.377 e. The molecule has 0 aromatic rings. The second-order valence-corrected chi connectivity index (χ2v) is 5.32. The van der Waals surface area contributed by atoms with Gasteiger partial charge in [-0.25, -0.2) is 0 Å². The van der Waals surface area contributed by atoms with Crippen molar-refractivity contribution in [2.75, 3.05) is 32.8 Å². The Labute approximate surface area is 101 Å². The van der Waals surface area contributed by atoms with E-state index in [4.69, 9.17) is 4.74 Å². The van der Waals surface area contributed by atoms with Gasteiger partial charge in [0.2, 0.25) is 0 Å². The molecule has 2 unspecified atom stereocenters. The highest BCUT2D eigenvalue weighted by molar-refractivity contribution is 4.70. The molecule has 2 atom stereocenters. The summed E-state index contributed by atoms with van der Waals surface area (Å²) >= 11 is 0. The summed E-state index contributed by atoms with van der Waals surface area (Å²) in [6.45, 7) is 14.4. The molecule has 1 aliphatic rings. The van der Waals surface area contributed by atoms with E-state index in [2.05, 4.69) is 37.9 Å². The zero-order valence-electron chi connectivity index (χ0n) is 11.3. The quantitative estimate of drug-likeness (QED) is 0.775. The van der Waals surface area contributed by atoms with Crippen LogP contribution in [0.1, 0.15) is 34.1 Å². The molecule has 1 saturated heterocycles. The van der Waals surface area contributed by atoms with Gasteiger partial charge in [-0.15, -0.1) is 0 Å². The summed E-state index contributed by atoms with van der Waals surface area (Å²) in [4.78, 5) is 2.51. The fraction of sp³-hybridized carbons (Fsp3) is 1.00. The van der Waals surface area contributed by atoms with E-state index >= 15 is 0 Å². The van der Waals surface area contributed by atoms with E-state index in [-0.39, 0.29) is 0 Å². The van der Waals surface area contributed by atoms with Crippen molar-refractivity contribution >= 4 is 0 Å². The average molecular weight is 228 g/mol. The molecule has 1 rings (SSSR count). The van der Waals surface area contributed by atoms with Crippen molar-refractivity contribution in [3.05, 3.63) is 0 Å². The molecule has 0 bridgehead atoms. The van der Waals surface area contributed by atoms with Gasteiger partial charge in [0.25, 0.3) is 0 Å². The van der Waals surface area contributed by atoms with Crippen LogP contribution in [0.15, 0.2) is 0 Å². The average Bonchev–Trinajstić information content (AvgIpc) is 2.42. The summed E-state index contributed by atoms with van der Waals surface area (Å²) < 4.78 is 5.64. The Morgan fingerprint density at radius 1 is 1.38 bits per heavy atom. The van der Waals surface area contributed by atoms with Crippen LogP contribution in [-0.4, -0.2) is 49.8 Å². The molecule has 0 amide bonds. The second kappa shape index (κ2) is 7.25. The monoisotopic (exact) mass is 228 g/mol. The molecule has 96 valence electrons. The van der Waals surface area contributed by atoms with Crippen LogP contribution >= 0.6 is 0 Å². The summed E-state index contributed by atoms with van der Waals surface area (Å²) in [7, 11) is 0. The lowest BCUT2D eigenvalue weighted by Crippen LogP contribution is -2.40. The lowest BCUT2D eigenvalue weighted by atomic mass is 10.1. The van der Waals surface area contributed by atoms with Crippen molar-refractivity contribution in [3.8, 4) is 0 Å². The predicted molar refractivity (Wildman–Crippen MR) is 68.8 cm³/mol. The molecule has 1 aliphatic heterocycles. The van der Waals surface area contributed by atoms with Gasteiger partial charge >= 0.3 is 0 Å². The van der Waals surface area contributed by atoms with Gasteiger partial charge in [0.05, 0.1) is 6.10 Å². The molecule has 0 spiro atoms. The Morgan fingerprint density at radius 2 is 2.12 bits per heavy atom. The Kier molecular flexibility index (Phi) is 6.32. The maximum Gasteiger partial charge on any atom is 0.0673 e. The number of ether oxygens (including phenoxy) is 1. The first-order valence-electron chi connectivity index (χ1n) is 6.67.